The summed E-state index contributed by atoms with van der Waals surface area (Å²) in [5, 5.41) is 6.70. The molecule has 1 heterocycles. The molecule has 1 rings (SSSR count). The summed E-state index contributed by atoms with van der Waals surface area (Å²) >= 11 is 0. The Hall–Kier alpha value is -0.610. The van der Waals surface area contributed by atoms with Crippen molar-refractivity contribution in [3.05, 3.63) is 0 Å². The van der Waals surface area contributed by atoms with Crippen LogP contribution in [0, 0.1) is 5.92 Å². The van der Waals surface area contributed by atoms with Crippen molar-refractivity contribution in [3.8, 4) is 0 Å². The number of carbonyl (C=O) groups is 1. The highest BCUT2D eigenvalue weighted by Gasteiger charge is 2.30. The Balaban J connectivity index is 2.53. The van der Waals surface area contributed by atoms with Crippen molar-refractivity contribution in [1.29, 1.82) is 0 Å². The summed E-state index contributed by atoms with van der Waals surface area (Å²) in [5.74, 6) is 0.799. The zero-order valence-electron chi connectivity index (χ0n) is 14.8. The van der Waals surface area contributed by atoms with Crippen molar-refractivity contribution >= 4 is 5.91 Å². The van der Waals surface area contributed by atoms with E-state index in [1.807, 2.05) is 27.7 Å². The van der Waals surface area contributed by atoms with Crippen LogP contribution in [0.4, 0.5) is 0 Å². The Labute approximate surface area is 131 Å². The third-order valence-corrected chi connectivity index (χ3v) is 4.34. The average molecular weight is 297 g/mol. The number of carbonyl (C=O) groups excluding carboxylic acids is 1. The molecule has 4 heteroatoms. The molecule has 0 saturated carbocycles. The molecule has 1 saturated heterocycles. The van der Waals surface area contributed by atoms with Crippen LogP contribution in [0.1, 0.15) is 60.8 Å². The molecule has 0 aromatic rings. The maximum atomic E-state index is 12.3. The summed E-state index contributed by atoms with van der Waals surface area (Å²) in [7, 11) is 0. The van der Waals surface area contributed by atoms with E-state index in [2.05, 4.69) is 29.4 Å². The molecule has 21 heavy (non-hydrogen) atoms. The molecule has 1 aliphatic rings. The van der Waals surface area contributed by atoms with Gasteiger partial charge in [-0.05, 0) is 72.9 Å². The van der Waals surface area contributed by atoms with Gasteiger partial charge in [0.2, 0.25) is 5.91 Å². The van der Waals surface area contributed by atoms with E-state index >= 15 is 0 Å². The van der Waals surface area contributed by atoms with Gasteiger partial charge in [-0.3, -0.25) is 9.69 Å². The second kappa shape index (κ2) is 8.14. The summed E-state index contributed by atoms with van der Waals surface area (Å²) < 4.78 is 0. The summed E-state index contributed by atoms with van der Waals surface area (Å²) in [4.78, 5) is 14.7. The summed E-state index contributed by atoms with van der Waals surface area (Å²) in [6, 6.07) is 0.496. The molecule has 0 spiro atoms. The molecule has 0 aromatic heterocycles. The molecule has 1 aliphatic heterocycles. The molecule has 0 aromatic carbocycles. The molecule has 0 aliphatic carbocycles. The fourth-order valence-corrected chi connectivity index (χ4v) is 2.98. The van der Waals surface area contributed by atoms with Crippen LogP contribution in [0.3, 0.4) is 0 Å². The van der Waals surface area contributed by atoms with E-state index in [0.29, 0.717) is 12.0 Å². The summed E-state index contributed by atoms with van der Waals surface area (Å²) in [6.07, 6.45) is 3.63. The van der Waals surface area contributed by atoms with Crippen LogP contribution in [-0.4, -0.2) is 48.1 Å². The van der Waals surface area contributed by atoms with Crippen LogP contribution < -0.4 is 10.6 Å². The fraction of sp³-hybridized carbons (Fsp3) is 0.941. The third kappa shape index (κ3) is 6.35. The monoisotopic (exact) mass is 297 g/mol. The van der Waals surface area contributed by atoms with E-state index in [9.17, 15) is 4.79 Å². The number of piperidine rings is 1. The highest BCUT2D eigenvalue weighted by Crippen LogP contribution is 2.21. The van der Waals surface area contributed by atoms with Gasteiger partial charge >= 0.3 is 0 Å². The number of hydrogen-bond acceptors (Lipinski definition) is 3. The third-order valence-electron chi connectivity index (χ3n) is 4.34. The molecule has 0 bridgehead atoms. The molecule has 2 N–H and O–H groups in total. The van der Waals surface area contributed by atoms with Gasteiger partial charge in [0.25, 0.3) is 0 Å². The molecule has 1 amide bonds. The molecule has 3 unspecified atom stereocenters. The Morgan fingerprint density at radius 3 is 2.57 bits per heavy atom. The lowest BCUT2D eigenvalue weighted by molar-refractivity contribution is -0.128. The van der Waals surface area contributed by atoms with Crippen molar-refractivity contribution in [1.82, 2.24) is 15.5 Å². The van der Waals surface area contributed by atoms with E-state index in [-0.39, 0.29) is 17.5 Å². The topological polar surface area (TPSA) is 44.4 Å². The highest BCUT2D eigenvalue weighted by molar-refractivity contribution is 5.81. The zero-order valence-corrected chi connectivity index (χ0v) is 14.8. The van der Waals surface area contributed by atoms with Gasteiger partial charge in [-0.2, -0.15) is 0 Å². The second-order valence-corrected chi connectivity index (χ2v) is 7.56. The van der Waals surface area contributed by atoms with Crippen LogP contribution in [0.25, 0.3) is 0 Å². The van der Waals surface area contributed by atoms with Crippen molar-refractivity contribution < 1.29 is 4.79 Å². The Morgan fingerprint density at radius 1 is 1.33 bits per heavy atom. The van der Waals surface area contributed by atoms with Gasteiger partial charge < -0.3 is 10.6 Å². The second-order valence-electron chi connectivity index (χ2n) is 7.56. The molecule has 1 fully saturated rings. The minimum atomic E-state index is -0.156. The molecular formula is C17H35N3O. The Kier molecular flexibility index (Phi) is 7.14. The normalized spacial score (nSPS) is 23.6. The molecule has 3 atom stereocenters. The van der Waals surface area contributed by atoms with Gasteiger partial charge in [0.05, 0.1) is 6.04 Å². The summed E-state index contributed by atoms with van der Waals surface area (Å²) in [5.41, 5.74) is -0.156. The summed E-state index contributed by atoms with van der Waals surface area (Å²) in [6.45, 7) is 15.8. The van der Waals surface area contributed by atoms with Crippen molar-refractivity contribution in [2.45, 2.75) is 78.4 Å². The number of nitrogens with zero attached hydrogens (tertiary/aromatic N) is 1. The first-order valence-electron chi connectivity index (χ1n) is 8.54. The van der Waals surface area contributed by atoms with Crippen LogP contribution in [0.5, 0.6) is 0 Å². The highest BCUT2D eigenvalue weighted by atomic mass is 16.2. The predicted octanol–water partition coefficient (Wildman–Crippen LogP) is 2.39. The van der Waals surface area contributed by atoms with Gasteiger partial charge in [-0.15, -0.1) is 0 Å². The minimum Gasteiger partial charge on any atom is -0.350 e. The fourth-order valence-electron chi connectivity index (χ4n) is 2.98. The van der Waals surface area contributed by atoms with Crippen LogP contribution in [0.15, 0.2) is 0 Å². The lowest BCUT2D eigenvalue weighted by atomic mass is 9.90. The maximum Gasteiger partial charge on any atom is 0.237 e. The van der Waals surface area contributed by atoms with Crippen LogP contribution in [-0.2, 0) is 4.79 Å². The first-order valence-corrected chi connectivity index (χ1v) is 8.54. The predicted molar refractivity (Wildman–Crippen MR) is 89.4 cm³/mol. The first-order chi connectivity index (χ1) is 9.74. The van der Waals surface area contributed by atoms with E-state index in [1.165, 1.54) is 19.3 Å². The average Bonchev–Trinajstić information content (AvgIpc) is 2.42. The van der Waals surface area contributed by atoms with Crippen LogP contribution >= 0.6 is 0 Å². The smallest absolute Gasteiger partial charge is 0.237 e. The zero-order chi connectivity index (χ0) is 16.0. The SMILES string of the molecule is CCCNC(C)C1CCCN(C(C)C(=O)NC(C)(C)C)C1. The van der Waals surface area contributed by atoms with Gasteiger partial charge in [0, 0.05) is 18.1 Å². The van der Waals surface area contributed by atoms with Gasteiger partial charge in [0.1, 0.15) is 0 Å². The maximum absolute atomic E-state index is 12.3. The number of likely N-dealkylation sites (tertiary alicyclic amines) is 1. The van der Waals surface area contributed by atoms with E-state index in [4.69, 9.17) is 0 Å². The first kappa shape index (κ1) is 18.4. The number of nitrogens with one attached hydrogen (secondary N) is 2. The van der Waals surface area contributed by atoms with E-state index in [0.717, 1.165) is 19.6 Å². The number of rotatable bonds is 6. The molecule has 4 nitrogen and oxygen atoms in total. The number of hydrogen-bond donors (Lipinski definition) is 2. The molecular weight excluding hydrogens is 262 g/mol. The molecule has 124 valence electrons. The van der Waals surface area contributed by atoms with Gasteiger partial charge in [-0.25, -0.2) is 0 Å². The lowest BCUT2D eigenvalue weighted by Gasteiger charge is -2.39. The van der Waals surface area contributed by atoms with Gasteiger partial charge in [0.15, 0.2) is 0 Å². The van der Waals surface area contributed by atoms with Gasteiger partial charge in [-0.1, -0.05) is 6.92 Å². The number of amides is 1. The van der Waals surface area contributed by atoms with Crippen molar-refractivity contribution in [3.63, 3.8) is 0 Å². The van der Waals surface area contributed by atoms with E-state index in [1.54, 1.807) is 0 Å². The minimum absolute atomic E-state index is 0.0367. The molecule has 0 radical (unpaired) electrons. The Bertz CT molecular complexity index is 324. The van der Waals surface area contributed by atoms with Crippen LogP contribution in [0.2, 0.25) is 0 Å². The van der Waals surface area contributed by atoms with E-state index < -0.39 is 0 Å². The largest absolute Gasteiger partial charge is 0.350 e. The Morgan fingerprint density at radius 2 is 2.00 bits per heavy atom. The quantitative estimate of drug-likeness (QED) is 0.791. The lowest BCUT2D eigenvalue weighted by Crippen LogP contribution is -2.54. The standard InChI is InChI=1S/C17H35N3O/c1-7-10-18-13(2)15-9-8-11-20(12-15)14(3)16(21)19-17(4,5)6/h13-15,18H,7-12H2,1-6H3,(H,19,21). The van der Waals surface area contributed by atoms with Crippen molar-refractivity contribution in [2.75, 3.05) is 19.6 Å². The van der Waals surface area contributed by atoms with Crippen molar-refractivity contribution in [2.24, 2.45) is 5.92 Å².